The quantitative estimate of drug-likeness (QED) is 0.675. The van der Waals surface area contributed by atoms with Crippen LogP contribution in [0.25, 0.3) is 10.9 Å². The fraction of sp³-hybridized carbons (Fsp3) is 0.391. The van der Waals surface area contributed by atoms with Crippen molar-refractivity contribution in [2.75, 3.05) is 36.4 Å². The molecule has 0 bridgehead atoms. The molecule has 1 atom stereocenters. The summed E-state index contributed by atoms with van der Waals surface area (Å²) in [5.41, 5.74) is 1.54. The number of hydrogen-bond acceptors (Lipinski definition) is 6. The Bertz CT molecular complexity index is 1090. The van der Waals surface area contributed by atoms with Crippen LogP contribution in [0.15, 0.2) is 41.9 Å². The van der Waals surface area contributed by atoms with Gasteiger partial charge < -0.3 is 15.1 Å². The number of fused-ring (bicyclic) bond motifs is 1. The van der Waals surface area contributed by atoms with Crippen LogP contribution in [0.2, 0.25) is 0 Å². The number of aromatic nitrogens is 2. The Kier molecular flexibility index (Phi) is 5.55. The number of nitrogens with zero attached hydrogens (tertiary/aromatic N) is 4. The third kappa shape index (κ3) is 4.12. The van der Waals surface area contributed by atoms with E-state index in [1.807, 2.05) is 40.6 Å². The van der Waals surface area contributed by atoms with Gasteiger partial charge in [-0.2, -0.15) is 0 Å². The second-order valence-corrected chi connectivity index (χ2v) is 9.06. The summed E-state index contributed by atoms with van der Waals surface area (Å²) in [5.74, 6) is 0.441. The third-order valence-corrected chi connectivity index (χ3v) is 6.77. The number of hydrogen-bond donors (Lipinski definition) is 1. The van der Waals surface area contributed by atoms with Crippen molar-refractivity contribution in [3.63, 3.8) is 0 Å². The van der Waals surface area contributed by atoms with Gasteiger partial charge in [-0.1, -0.05) is 18.2 Å². The molecule has 3 aromatic rings. The second kappa shape index (κ2) is 8.63. The number of para-hydroxylation sites is 1. The van der Waals surface area contributed by atoms with Gasteiger partial charge in [0.2, 0.25) is 5.91 Å². The minimum Gasteiger partial charge on any atom is -0.356 e. The maximum absolute atomic E-state index is 13.6. The lowest BCUT2D eigenvalue weighted by Gasteiger charge is -2.33. The molecule has 0 aliphatic carbocycles. The first-order chi connectivity index (χ1) is 15.2. The Labute approximate surface area is 185 Å². The first-order valence-corrected chi connectivity index (χ1v) is 11.7. The van der Waals surface area contributed by atoms with Gasteiger partial charge in [0.25, 0.3) is 5.91 Å². The number of likely N-dealkylation sites (tertiary alicyclic amines) is 1. The van der Waals surface area contributed by atoms with Crippen molar-refractivity contribution in [1.29, 1.82) is 0 Å². The highest BCUT2D eigenvalue weighted by Crippen LogP contribution is 2.29. The highest BCUT2D eigenvalue weighted by atomic mass is 32.1. The molecule has 31 heavy (non-hydrogen) atoms. The zero-order valence-corrected chi connectivity index (χ0v) is 18.1. The number of nitrogens with one attached hydrogen (secondary N) is 1. The van der Waals surface area contributed by atoms with Crippen molar-refractivity contribution in [3.8, 4) is 0 Å². The van der Waals surface area contributed by atoms with Crippen LogP contribution in [-0.2, 0) is 4.79 Å². The normalized spacial score (nSPS) is 19.0. The number of rotatable bonds is 4. The molecule has 2 amide bonds. The Morgan fingerprint density at radius 2 is 1.94 bits per heavy atom. The van der Waals surface area contributed by atoms with Gasteiger partial charge in [0.05, 0.1) is 17.0 Å². The Morgan fingerprint density at radius 3 is 2.74 bits per heavy atom. The molecule has 2 aliphatic rings. The van der Waals surface area contributed by atoms with E-state index in [1.54, 1.807) is 6.20 Å². The molecule has 2 fully saturated rings. The molecular weight excluding hydrogens is 410 g/mol. The van der Waals surface area contributed by atoms with Crippen molar-refractivity contribution < 1.29 is 9.59 Å². The molecule has 7 nitrogen and oxygen atoms in total. The maximum atomic E-state index is 13.6. The van der Waals surface area contributed by atoms with Crippen molar-refractivity contribution in [2.45, 2.75) is 25.7 Å². The molecule has 2 saturated heterocycles. The van der Waals surface area contributed by atoms with Crippen LogP contribution in [0.1, 0.15) is 36.0 Å². The summed E-state index contributed by atoms with van der Waals surface area (Å²) < 4.78 is 0. The first kappa shape index (κ1) is 19.9. The predicted molar refractivity (Wildman–Crippen MR) is 123 cm³/mol. The Hall–Kier alpha value is -3.00. The Balaban J connectivity index is 1.40. The fourth-order valence-electron chi connectivity index (χ4n) is 4.47. The zero-order valence-electron chi connectivity index (χ0n) is 17.3. The predicted octanol–water partition coefficient (Wildman–Crippen LogP) is 3.78. The number of piperidine rings is 1. The SMILES string of the molecule is O=C(Nc1nccs1)C1CCCN(C(=O)c2cc3ccccc3nc2N2CCCC2)C1. The summed E-state index contributed by atoms with van der Waals surface area (Å²) in [7, 11) is 0. The van der Waals surface area contributed by atoms with E-state index in [0.717, 1.165) is 55.5 Å². The maximum Gasteiger partial charge on any atom is 0.257 e. The summed E-state index contributed by atoms with van der Waals surface area (Å²) in [6.07, 6.45) is 5.48. The van der Waals surface area contributed by atoms with Crippen LogP contribution < -0.4 is 10.2 Å². The lowest BCUT2D eigenvalue weighted by molar-refractivity contribution is -0.121. The highest BCUT2D eigenvalue weighted by Gasteiger charge is 2.31. The summed E-state index contributed by atoms with van der Waals surface area (Å²) in [4.78, 5) is 39.4. The molecule has 1 unspecified atom stereocenters. The van der Waals surface area contributed by atoms with Crippen molar-refractivity contribution in [1.82, 2.24) is 14.9 Å². The molecule has 1 aromatic carbocycles. The zero-order chi connectivity index (χ0) is 21.2. The second-order valence-electron chi connectivity index (χ2n) is 8.16. The average Bonchev–Trinajstić information content (AvgIpc) is 3.52. The van der Waals surface area contributed by atoms with Crippen LogP contribution in [0.5, 0.6) is 0 Å². The molecule has 160 valence electrons. The number of anilines is 2. The van der Waals surface area contributed by atoms with E-state index in [4.69, 9.17) is 4.98 Å². The number of amides is 2. The van der Waals surface area contributed by atoms with Gasteiger partial charge in [-0.25, -0.2) is 9.97 Å². The third-order valence-electron chi connectivity index (χ3n) is 6.08. The monoisotopic (exact) mass is 435 g/mol. The van der Waals surface area contributed by atoms with Gasteiger partial charge in [0.1, 0.15) is 5.82 Å². The van der Waals surface area contributed by atoms with E-state index in [9.17, 15) is 9.59 Å². The van der Waals surface area contributed by atoms with Crippen LogP contribution in [0.4, 0.5) is 10.9 Å². The van der Waals surface area contributed by atoms with Gasteiger partial charge >= 0.3 is 0 Å². The van der Waals surface area contributed by atoms with Gasteiger partial charge in [-0.15, -0.1) is 11.3 Å². The average molecular weight is 436 g/mol. The molecule has 0 spiro atoms. The molecule has 4 heterocycles. The number of carbonyl (C=O) groups is 2. The van der Waals surface area contributed by atoms with Crippen molar-refractivity contribution in [2.24, 2.45) is 5.92 Å². The lowest BCUT2D eigenvalue weighted by Crippen LogP contribution is -2.44. The smallest absolute Gasteiger partial charge is 0.257 e. The standard InChI is InChI=1S/C23H25N5O2S/c29-21(26-23-24-9-13-31-23)17-7-5-12-28(15-17)22(30)18-14-16-6-1-2-8-19(16)25-20(18)27-10-3-4-11-27/h1-2,6,8-9,13-14,17H,3-5,7,10-12,15H2,(H,24,26,29). The van der Waals surface area contributed by atoms with E-state index >= 15 is 0 Å². The number of carbonyl (C=O) groups excluding carboxylic acids is 2. The van der Waals surface area contributed by atoms with Crippen LogP contribution in [0.3, 0.4) is 0 Å². The van der Waals surface area contributed by atoms with Crippen LogP contribution in [-0.4, -0.2) is 52.9 Å². The van der Waals surface area contributed by atoms with Gasteiger partial charge in [0, 0.05) is 43.1 Å². The van der Waals surface area contributed by atoms with E-state index in [0.29, 0.717) is 23.8 Å². The fourth-order valence-corrected chi connectivity index (χ4v) is 5.00. The number of pyridine rings is 1. The van der Waals surface area contributed by atoms with Crippen molar-refractivity contribution >= 4 is 45.0 Å². The topological polar surface area (TPSA) is 78.4 Å². The largest absolute Gasteiger partial charge is 0.356 e. The summed E-state index contributed by atoms with van der Waals surface area (Å²) >= 11 is 1.40. The molecule has 8 heteroatoms. The molecule has 2 aliphatic heterocycles. The minimum atomic E-state index is -0.231. The van der Waals surface area contributed by atoms with Gasteiger partial charge in [0.15, 0.2) is 5.13 Å². The van der Waals surface area contributed by atoms with E-state index in [-0.39, 0.29) is 17.7 Å². The molecule has 0 radical (unpaired) electrons. The van der Waals surface area contributed by atoms with Gasteiger partial charge in [-0.05, 0) is 37.8 Å². The number of thiazole rings is 1. The minimum absolute atomic E-state index is 0.0353. The van der Waals surface area contributed by atoms with E-state index in [2.05, 4.69) is 15.2 Å². The summed E-state index contributed by atoms with van der Waals surface area (Å²) in [6.45, 7) is 2.92. The summed E-state index contributed by atoms with van der Waals surface area (Å²) in [5, 5.41) is 6.28. The van der Waals surface area contributed by atoms with Gasteiger partial charge in [-0.3, -0.25) is 9.59 Å². The highest BCUT2D eigenvalue weighted by molar-refractivity contribution is 7.13. The molecule has 5 rings (SSSR count). The van der Waals surface area contributed by atoms with E-state index < -0.39 is 0 Å². The van der Waals surface area contributed by atoms with Crippen LogP contribution >= 0.6 is 11.3 Å². The van der Waals surface area contributed by atoms with E-state index in [1.165, 1.54) is 11.3 Å². The Morgan fingerprint density at radius 1 is 1.10 bits per heavy atom. The van der Waals surface area contributed by atoms with Crippen molar-refractivity contribution in [3.05, 3.63) is 47.5 Å². The first-order valence-electron chi connectivity index (χ1n) is 10.8. The molecule has 1 N–H and O–H groups in total. The molecule has 2 aromatic heterocycles. The number of benzene rings is 1. The molecule has 0 saturated carbocycles. The van der Waals surface area contributed by atoms with Crippen LogP contribution in [0, 0.1) is 5.92 Å². The lowest BCUT2D eigenvalue weighted by atomic mass is 9.96. The summed E-state index contributed by atoms with van der Waals surface area (Å²) in [6, 6.07) is 9.89. The molecular formula is C23H25N5O2S.